The molecule has 0 radical (unpaired) electrons. The lowest BCUT2D eigenvalue weighted by atomic mass is 9.95. The van der Waals surface area contributed by atoms with Crippen molar-refractivity contribution in [2.24, 2.45) is 5.92 Å². The molecule has 1 saturated heterocycles. The number of hydrogen-bond acceptors (Lipinski definition) is 3. The number of hydrogen-bond donors (Lipinski definition) is 1. The number of likely N-dealkylation sites (tertiary alicyclic amines) is 1. The molecule has 2 heterocycles. The Kier molecular flexibility index (Phi) is 3.12. The van der Waals surface area contributed by atoms with Crippen LogP contribution in [-0.4, -0.2) is 36.1 Å². The van der Waals surface area contributed by atoms with Gasteiger partial charge in [-0.1, -0.05) is 6.07 Å². The van der Waals surface area contributed by atoms with Crippen molar-refractivity contribution in [3.63, 3.8) is 0 Å². The quantitative estimate of drug-likeness (QED) is 0.857. The molecule has 17 heavy (non-hydrogen) atoms. The molecule has 1 aromatic rings. The summed E-state index contributed by atoms with van der Waals surface area (Å²) in [6, 6.07) is 5.63. The van der Waals surface area contributed by atoms with E-state index < -0.39 is 0 Å². The first kappa shape index (κ1) is 11.2. The summed E-state index contributed by atoms with van der Waals surface area (Å²) in [6.07, 6.45) is 7.93. The van der Waals surface area contributed by atoms with Crippen molar-refractivity contribution in [1.82, 2.24) is 15.2 Å². The minimum Gasteiger partial charge on any atom is -0.314 e. The van der Waals surface area contributed by atoms with Gasteiger partial charge in [0.1, 0.15) is 0 Å². The van der Waals surface area contributed by atoms with E-state index in [0.29, 0.717) is 6.04 Å². The zero-order valence-electron chi connectivity index (χ0n) is 10.5. The van der Waals surface area contributed by atoms with E-state index in [0.717, 1.165) is 18.5 Å². The fourth-order valence-electron chi connectivity index (χ4n) is 2.92. The number of pyridine rings is 1. The van der Waals surface area contributed by atoms with Crippen LogP contribution in [0.25, 0.3) is 0 Å². The molecule has 1 aliphatic heterocycles. The predicted octanol–water partition coefficient (Wildman–Crippen LogP) is 1.83. The first-order valence-electron chi connectivity index (χ1n) is 6.68. The van der Waals surface area contributed by atoms with E-state index in [2.05, 4.69) is 28.3 Å². The molecule has 1 aliphatic carbocycles. The summed E-state index contributed by atoms with van der Waals surface area (Å²) >= 11 is 0. The Hall–Kier alpha value is -0.930. The number of nitrogens with one attached hydrogen (secondary N) is 1. The smallest absolute Gasteiger partial charge is 0.0401 e. The molecule has 1 N–H and O–H groups in total. The van der Waals surface area contributed by atoms with Crippen LogP contribution in [-0.2, 0) is 0 Å². The second kappa shape index (κ2) is 4.75. The van der Waals surface area contributed by atoms with Gasteiger partial charge in [-0.2, -0.15) is 0 Å². The largest absolute Gasteiger partial charge is 0.314 e. The van der Waals surface area contributed by atoms with Crippen molar-refractivity contribution in [2.45, 2.75) is 31.3 Å². The Morgan fingerprint density at radius 1 is 1.41 bits per heavy atom. The van der Waals surface area contributed by atoms with E-state index >= 15 is 0 Å². The zero-order chi connectivity index (χ0) is 11.7. The highest BCUT2D eigenvalue weighted by Gasteiger charge is 2.34. The minimum atomic E-state index is 0.551. The van der Waals surface area contributed by atoms with Crippen molar-refractivity contribution in [2.75, 3.05) is 20.1 Å². The Bertz CT molecular complexity index is 361. The molecular weight excluding hydrogens is 210 g/mol. The van der Waals surface area contributed by atoms with E-state index in [4.69, 9.17) is 0 Å². The van der Waals surface area contributed by atoms with Crippen molar-refractivity contribution in [3.05, 3.63) is 30.1 Å². The standard InChI is InChI=1S/C14H21N3/c1-17-8-6-12(10-16-13-4-5-13)14(17)11-3-2-7-15-9-11/h2-3,7,9,12-14,16H,4-6,8,10H2,1H3. The fourth-order valence-corrected chi connectivity index (χ4v) is 2.92. The second-order valence-corrected chi connectivity index (χ2v) is 5.44. The van der Waals surface area contributed by atoms with Crippen LogP contribution in [0.1, 0.15) is 30.9 Å². The van der Waals surface area contributed by atoms with Crippen LogP contribution in [0.4, 0.5) is 0 Å². The molecule has 2 aliphatic rings. The monoisotopic (exact) mass is 231 g/mol. The molecule has 1 saturated carbocycles. The van der Waals surface area contributed by atoms with Crippen molar-refractivity contribution < 1.29 is 0 Å². The van der Waals surface area contributed by atoms with E-state index in [-0.39, 0.29) is 0 Å². The highest BCUT2D eigenvalue weighted by molar-refractivity contribution is 5.17. The normalized spacial score (nSPS) is 29.7. The molecule has 2 unspecified atom stereocenters. The summed E-state index contributed by atoms with van der Waals surface area (Å²) in [4.78, 5) is 6.73. The Morgan fingerprint density at radius 3 is 3.00 bits per heavy atom. The lowest BCUT2D eigenvalue weighted by Crippen LogP contribution is -2.29. The molecule has 0 aromatic carbocycles. The third-order valence-electron chi connectivity index (χ3n) is 4.05. The van der Waals surface area contributed by atoms with Crippen LogP contribution in [0.15, 0.2) is 24.5 Å². The van der Waals surface area contributed by atoms with E-state index in [1.165, 1.54) is 31.4 Å². The topological polar surface area (TPSA) is 28.2 Å². The predicted molar refractivity (Wildman–Crippen MR) is 68.7 cm³/mol. The van der Waals surface area contributed by atoms with E-state index in [1.807, 2.05) is 18.5 Å². The van der Waals surface area contributed by atoms with Crippen LogP contribution in [0.2, 0.25) is 0 Å². The maximum Gasteiger partial charge on any atom is 0.0401 e. The van der Waals surface area contributed by atoms with Gasteiger partial charge in [-0.25, -0.2) is 0 Å². The molecule has 3 rings (SSSR count). The van der Waals surface area contributed by atoms with Crippen LogP contribution in [0, 0.1) is 5.92 Å². The average molecular weight is 231 g/mol. The molecule has 2 fully saturated rings. The van der Waals surface area contributed by atoms with Crippen molar-refractivity contribution >= 4 is 0 Å². The summed E-state index contributed by atoms with van der Waals surface area (Å²) in [5.41, 5.74) is 1.37. The second-order valence-electron chi connectivity index (χ2n) is 5.44. The first-order chi connectivity index (χ1) is 8.34. The summed E-state index contributed by atoms with van der Waals surface area (Å²) in [6.45, 7) is 2.37. The maximum absolute atomic E-state index is 4.26. The minimum absolute atomic E-state index is 0.551. The average Bonchev–Trinajstić information content (AvgIpc) is 3.11. The third kappa shape index (κ3) is 2.50. The molecule has 1 aromatic heterocycles. The Morgan fingerprint density at radius 2 is 2.29 bits per heavy atom. The van der Waals surface area contributed by atoms with Crippen molar-refractivity contribution in [3.8, 4) is 0 Å². The first-order valence-corrected chi connectivity index (χ1v) is 6.68. The van der Waals surface area contributed by atoms with Gasteiger partial charge in [0.25, 0.3) is 0 Å². The van der Waals surface area contributed by atoms with Gasteiger partial charge < -0.3 is 5.32 Å². The molecule has 92 valence electrons. The van der Waals surface area contributed by atoms with Gasteiger partial charge in [0.15, 0.2) is 0 Å². The van der Waals surface area contributed by atoms with Gasteiger partial charge in [0.2, 0.25) is 0 Å². The van der Waals surface area contributed by atoms with Gasteiger partial charge in [-0.15, -0.1) is 0 Å². The summed E-state index contributed by atoms with van der Waals surface area (Å²) < 4.78 is 0. The van der Waals surface area contributed by atoms with Gasteiger partial charge in [0.05, 0.1) is 0 Å². The highest BCUT2D eigenvalue weighted by atomic mass is 15.2. The Balaban J connectivity index is 1.69. The molecule has 3 heteroatoms. The summed E-state index contributed by atoms with van der Waals surface area (Å²) in [5.74, 6) is 0.741. The molecule has 2 atom stereocenters. The maximum atomic E-state index is 4.26. The molecule has 0 bridgehead atoms. The molecule has 0 spiro atoms. The number of aromatic nitrogens is 1. The highest BCUT2D eigenvalue weighted by Crippen LogP contribution is 2.35. The van der Waals surface area contributed by atoms with E-state index in [1.54, 1.807) is 0 Å². The van der Waals surface area contributed by atoms with Crippen LogP contribution >= 0.6 is 0 Å². The number of nitrogens with zero attached hydrogens (tertiary/aromatic N) is 2. The summed E-state index contributed by atoms with van der Waals surface area (Å²) in [7, 11) is 2.23. The zero-order valence-corrected chi connectivity index (χ0v) is 10.5. The van der Waals surface area contributed by atoms with Gasteiger partial charge in [0, 0.05) is 31.0 Å². The Labute approximate surface area is 103 Å². The lowest BCUT2D eigenvalue weighted by Gasteiger charge is -2.25. The molecule has 3 nitrogen and oxygen atoms in total. The lowest BCUT2D eigenvalue weighted by molar-refractivity contribution is 0.271. The fraction of sp³-hybridized carbons (Fsp3) is 0.643. The molecule has 0 amide bonds. The van der Waals surface area contributed by atoms with Crippen molar-refractivity contribution in [1.29, 1.82) is 0 Å². The van der Waals surface area contributed by atoms with Gasteiger partial charge >= 0.3 is 0 Å². The third-order valence-corrected chi connectivity index (χ3v) is 4.05. The van der Waals surface area contributed by atoms with Crippen LogP contribution in [0.5, 0.6) is 0 Å². The molecular formula is C14H21N3. The van der Waals surface area contributed by atoms with Crippen LogP contribution in [0.3, 0.4) is 0 Å². The van der Waals surface area contributed by atoms with Crippen LogP contribution < -0.4 is 5.32 Å². The summed E-state index contributed by atoms with van der Waals surface area (Å²) in [5, 5.41) is 3.67. The van der Waals surface area contributed by atoms with E-state index in [9.17, 15) is 0 Å². The SMILES string of the molecule is CN1CCC(CNC2CC2)C1c1cccnc1. The number of rotatable bonds is 4. The van der Waals surface area contributed by atoms with Gasteiger partial charge in [-0.3, -0.25) is 9.88 Å². The van der Waals surface area contributed by atoms with Gasteiger partial charge in [-0.05, 0) is 50.4 Å².